The summed E-state index contributed by atoms with van der Waals surface area (Å²) in [7, 11) is 0. The molecule has 0 saturated carbocycles. The number of hydrogen-bond donors (Lipinski definition) is 2. The maximum atomic E-state index is 12.2. The number of aliphatic carboxylic acids is 1. The Labute approximate surface area is 116 Å². The van der Waals surface area contributed by atoms with Gasteiger partial charge in [-0.2, -0.15) is 0 Å². The summed E-state index contributed by atoms with van der Waals surface area (Å²) in [4.78, 5) is 37.2. The lowest BCUT2D eigenvalue weighted by Gasteiger charge is -2.48. The van der Waals surface area contributed by atoms with E-state index >= 15 is 0 Å². The molecule has 0 aliphatic carbocycles. The summed E-state index contributed by atoms with van der Waals surface area (Å²) >= 11 is 0. The van der Waals surface area contributed by atoms with E-state index in [1.54, 1.807) is 11.8 Å². The molecule has 2 N–H and O–H groups in total. The van der Waals surface area contributed by atoms with Gasteiger partial charge in [0.1, 0.15) is 18.8 Å². The molecule has 0 aromatic heterocycles. The molecule has 0 bridgehead atoms. The number of ether oxygens (including phenoxy) is 1. The summed E-state index contributed by atoms with van der Waals surface area (Å²) in [5, 5.41) is 11.3. The predicted octanol–water partition coefficient (Wildman–Crippen LogP) is -0.896. The van der Waals surface area contributed by atoms with Crippen molar-refractivity contribution in [2.45, 2.75) is 18.9 Å². The highest BCUT2D eigenvalue weighted by Crippen LogP contribution is 2.25. The second-order valence-electron chi connectivity index (χ2n) is 5.40. The minimum absolute atomic E-state index is 0.0715. The van der Waals surface area contributed by atoms with Crippen LogP contribution in [0.5, 0.6) is 0 Å². The quantitative estimate of drug-likeness (QED) is 0.700. The number of carboxylic acids is 1. The summed E-state index contributed by atoms with van der Waals surface area (Å²) < 4.78 is 5.25. The Kier molecular flexibility index (Phi) is 4.12. The maximum Gasteiger partial charge on any atom is 0.329 e. The van der Waals surface area contributed by atoms with Gasteiger partial charge in [-0.05, 0) is 13.3 Å². The molecule has 112 valence electrons. The van der Waals surface area contributed by atoms with E-state index < -0.39 is 11.6 Å². The molecule has 2 saturated heterocycles. The molecule has 0 aromatic carbocycles. The van der Waals surface area contributed by atoms with E-state index in [1.165, 1.54) is 4.90 Å². The first-order chi connectivity index (χ1) is 9.39. The highest BCUT2D eigenvalue weighted by atomic mass is 16.5. The van der Waals surface area contributed by atoms with Crippen molar-refractivity contribution in [1.82, 2.24) is 15.1 Å². The topological polar surface area (TPSA) is 99.2 Å². The van der Waals surface area contributed by atoms with Gasteiger partial charge in [0.25, 0.3) is 0 Å². The normalized spacial score (nSPS) is 21.8. The van der Waals surface area contributed by atoms with Gasteiger partial charge in [0.15, 0.2) is 0 Å². The molecule has 8 heteroatoms. The lowest BCUT2D eigenvalue weighted by atomic mass is 9.97. The Morgan fingerprint density at radius 2 is 2.10 bits per heavy atom. The summed E-state index contributed by atoms with van der Waals surface area (Å²) in [6.45, 7) is 3.29. The van der Waals surface area contributed by atoms with E-state index in [-0.39, 0.29) is 25.1 Å². The molecule has 0 aromatic rings. The molecule has 8 nitrogen and oxygen atoms in total. The third-order valence-corrected chi connectivity index (χ3v) is 3.40. The summed E-state index contributed by atoms with van der Waals surface area (Å²) in [6.07, 6.45) is 0.734. The van der Waals surface area contributed by atoms with Gasteiger partial charge in [0.05, 0.1) is 13.1 Å². The average Bonchev–Trinajstić information content (AvgIpc) is 2.57. The number of nitrogens with zero attached hydrogens (tertiary/aromatic N) is 2. The Bertz CT molecular complexity index is 419. The molecule has 2 fully saturated rings. The van der Waals surface area contributed by atoms with Gasteiger partial charge < -0.3 is 25.0 Å². The number of carboxylic acid groups (broad SMARTS) is 1. The molecule has 0 atom stereocenters. The number of amides is 3. The van der Waals surface area contributed by atoms with Gasteiger partial charge in [-0.15, -0.1) is 0 Å². The number of nitrogens with one attached hydrogen (secondary N) is 1. The smallest absolute Gasteiger partial charge is 0.329 e. The zero-order valence-corrected chi connectivity index (χ0v) is 11.4. The van der Waals surface area contributed by atoms with Gasteiger partial charge in [-0.1, -0.05) is 0 Å². The SMILES string of the molecule is CC1(OCC(=O)O)CN(C(=O)N2CCCNC(=O)C2)C1. The highest BCUT2D eigenvalue weighted by molar-refractivity contribution is 5.84. The monoisotopic (exact) mass is 285 g/mol. The largest absolute Gasteiger partial charge is 0.480 e. The fourth-order valence-corrected chi connectivity index (χ4v) is 2.39. The Hall–Kier alpha value is -1.83. The van der Waals surface area contributed by atoms with E-state index in [1.807, 2.05) is 0 Å². The van der Waals surface area contributed by atoms with E-state index in [4.69, 9.17) is 9.84 Å². The van der Waals surface area contributed by atoms with Gasteiger partial charge in [-0.25, -0.2) is 9.59 Å². The minimum Gasteiger partial charge on any atom is -0.480 e. The zero-order valence-electron chi connectivity index (χ0n) is 11.4. The van der Waals surface area contributed by atoms with Crippen LogP contribution < -0.4 is 5.32 Å². The van der Waals surface area contributed by atoms with Crippen LogP contribution >= 0.6 is 0 Å². The van der Waals surface area contributed by atoms with Crippen molar-refractivity contribution in [2.24, 2.45) is 0 Å². The van der Waals surface area contributed by atoms with Gasteiger partial charge in [-0.3, -0.25) is 4.79 Å². The van der Waals surface area contributed by atoms with Crippen LogP contribution in [0.1, 0.15) is 13.3 Å². The molecule has 0 unspecified atom stereocenters. The number of urea groups is 1. The summed E-state index contributed by atoms with van der Waals surface area (Å²) in [6, 6.07) is -0.196. The zero-order chi connectivity index (χ0) is 14.8. The average molecular weight is 285 g/mol. The van der Waals surface area contributed by atoms with Crippen LogP contribution in [0.15, 0.2) is 0 Å². The van der Waals surface area contributed by atoms with Gasteiger partial charge in [0, 0.05) is 13.1 Å². The molecule has 20 heavy (non-hydrogen) atoms. The van der Waals surface area contributed by atoms with Gasteiger partial charge in [0.2, 0.25) is 5.91 Å². The lowest BCUT2D eigenvalue weighted by Crippen LogP contribution is -2.65. The van der Waals surface area contributed by atoms with Crippen molar-refractivity contribution in [3.05, 3.63) is 0 Å². The van der Waals surface area contributed by atoms with E-state index in [9.17, 15) is 14.4 Å². The lowest BCUT2D eigenvalue weighted by molar-refractivity contribution is -0.160. The predicted molar refractivity (Wildman–Crippen MR) is 68.2 cm³/mol. The van der Waals surface area contributed by atoms with Crippen LogP contribution in [0.4, 0.5) is 4.79 Å². The fraction of sp³-hybridized carbons (Fsp3) is 0.750. The van der Waals surface area contributed by atoms with Crippen molar-refractivity contribution in [3.63, 3.8) is 0 Å². The fourth-order valence-electron chi connectivity index (χ4n) is 2.39. The first-order valence-electron chi connectivity index (χ1n) is 6.56. The molecule has 2 aliphatic heterocycles. The Balaban J connectivity index is 1.83. The van der Waals surface area contributed by atoms with Crippen LogP contribution in [-0.4, -0.2) is 77.7 Å². The number of likely N-dealkylation sites (tertiary alicyclic amines) is 1. The second kappa shape index (κ2) is 5.66. The number of rotatable bonds is 3. The molecule has 2 rings (SSSR count). The van der Waals surface area contributed by atoms with E-state index in [2.05, 4.69) is 5.32 Å². The minimum atomic E-state index is -1.03. The van der Waals surface area contributed by atoms with E-state index in [0.29, 0.717) is 26.2 Å². The molecule has 0 radical (unpaired) electrons. The molecular formula is C12H19N3O5. The van der Waals surface area contributed by atoms with Crippen LogP contribution in [-0.2, 0) is 14.3 Å². The summed E-state index contributed by atoms with van der Waals surface area (Å²) in [5.41, 5.74) is -0.609. The first kappa shape index (κ1) is 14.6. The van der Waals surface area contributed by atoms with Crippen molar-refractivity contribution >= 4 is 17.9 Å². The van der Waals surface area contributed by atoms with Crippen LogP contribution in [0.25, 0.3) is 0 Å². The van der Waals surface area contributed by atoms with Crippen molar-refractivity contribution < 1.29 is 24.2 Å². The van der Waals surface area contributed by atoms with Crippen molar-refractivity contribution in [1.29, 1.82) is 0 Å². The Morgan fingerprint density at radius 1 is 1.40 bits per heavy atom. The number of carbonyl (C=O) groups excluding carboxylic acids is 2. The second-order valence-corrected chi connectivity index (χ2v) is 5.40. The maximum absolute atomic E-state index is 12.2. The standard InChI is InChI=1S/C12H19N3O5/c1-12(20-6-10(17)18)7-15(8-12)11(19)14-4-2-3-13-9(16)5-14/h2-8H2,1H3,(H,13,16)(H,17,18). The summed E-state index contributed by atoms with van der Waals surface area (Å²) in [5.74, 6) is -1.18. The highest BCUT2D eigenvalue weighted by Gasteiger charge is 2.44. The third kappa shape index (κ3) is 3.38. The van der Waals surface area contributed by atoms with Crippen LogP contribution in [0, 0.1) is 0 Å². The molecule has 2 heterocycles. The van der Waals surface area contributed by atoms with Crippen LogP contribution in [0.2, 0.25) is 0 Å². The molecule has 3 amide bonds. The van der Waals surface area contributed by atoms with Crippen LogP contribution in [0.3, 0.4) is 0 Å². The molecular weight excluding hydrogens is 266 g/mol. The molecule has 2 aliphatic rings. The number of carbonyl (C=O) groups is 3. The number of hydrogen-bond acceptors (Lipinski definition) is 4. The first-order valence-corrected chi connectivity index (χ1v) is 6.56. The Morgan fingerprint density at radius 3 is 2.75 bits per heavy atom. The molecule has 0 spiro atoms. The van der Waals surface area contributed by atoms with Crippen molar-refractivity contribution in [2.75, 3.05) is 39.3 Å². The van der Waals surface area contributed by atoms with Crippen molar-refractivity contribution in [3.8, 4) is 0 Å². The van der Waals surface area contributed by atoms with E-state index in [0.717, 1.165) is 6.42 Å². The van der Waals surface area contributed by atoms with Gasteiger partial charge >= 0.3 is 12.0 Å². The third-order valence-electron chi connectivity index (χ3n) is 3.40.